The summed E-state index contributed by atoms with van der Waals surface area (Å²) >= 11 is 0. The number of halogens is 2. The molecule has 3 aromatic rings. The van der Waals surface area contributed by atoms with Crippen molar-refractivity contribution in [1.29, 1.82) is 0 Å². The first-order chi connectivity index (χ1) is 14.3. The Morgan fingerprint density at radius 2 is 1.90 bits per heavy atom. The van der Waals surface area contributed by atoms with Crippen molar-refractivity contribution in [1.82, 2.24) is 19.4 Å². The van der Waals surface area contributed by atoms with E-state index in [1.807, 2.05) is 22.9 Å². The summed E-state index contributed by atoms with van der Waals surface area (Å²) in [6, 6.07) is 7.92. The molecule has 0 atom stereocenters. The van der Waals surface area contributed by atoms with Crippen LogP contribution in [0.25, 0.3) is 16.6 Å². The van der Waals surface area contributed by atoms with E-state index in [1.165, 1.54) is 0 Å². The number of pyridine rings is 1. The fourth-order valence-electron chi connectivity index (χ4n) is 4.13. The maximum Gasteiger partial charge on any atom is 0.257 e. The number of hydrogen-bond donors (Lipinski definition) is 2. The number of imidazole rings is 1. The average molecular weight is 415 g/mol. The van der Waals surface area contributed by atoms with Crippen molar-refractivity contribution in [2.24, 2.45) is 7.05 Å². The summed E-state index contributed by atoms with van der Waals surface area (Å²) in [5, 5.41) is 7.49. The van der Waals surface area contributed by atoms with Gasteiger partial charge >= 0.3 is 0 Å². The van der Waals surface area contributed by atoms with Gasteiger partial charge in [0.05, 0.1) is 18.4 Å². The summed E-state index contributed by atoms with van der Waals surface area (Å²) < 4.78 is 29.7. The van der Waals surface area contributed by atoms with E-state index in [9.17, 15) is 13.6 Å². The van der Waals surface area contributed by atoms with Crippen LogP contribution in [-0.2, 0) is 7.05 Å². The minimum Gasteiger partial charge on any atom is -0.382 e. The largest absolute Gasteiger partial charge is 0.382 e. The standard InChI is InChI=1S/C22H27F2N5O/c1-22(23,24)13-26-15-3-5-16(6-4-15)27-19-12-21(30)28(2)20-8-7-17(11-18(19)20)29-10-9-25-14-29/h7-12,14-16,26-27H,3-6,13H2,1-2H3. The second kappa shape index (κ2) is 8.18. The Morgan fingerprint density at radius 3 is 2.57 bits per heavy atom. The van der Waals surface area contributed by atoms with Crippen LogP contribution in [0, 0.1) is 0 Å². The molecule has 0 bridgehead atoms. The van der Waals surface area contributed by atoms with E-state index in [0.29, 0.717) is 0 Å². The third-order valence-corrected chi connectivity index (χ3v) is 5.82. The first-order valence-corrected chi connectivity index (χ1v) is 10.3. The lowest BCUT2D eigenvalue weighted by atomic mass is 9.90. The maximum absolute atomic E-state index is 13.1. The minimum absolute atomic E-state index is 0.0686. The molecule has 0 spiro atoms. The van der Waals surface area contributed by atoms with Crippen molar-refractivity contribution in [3.8, 4) is 5.69 Å². The summed E-state index contributed by atoms with van der Waals surface area (Å²) in [6.07, 6.45) is 8.74. The summed E-state index contributed by atoms with van der Waals surface area (Å²) in [5.41, 5.74) is 2.57. The van der Waals surface area contributed by atoms with Gasteiger partial charge in [-0.2, -0.15) is 0 Å². The molecule has 4 rings (SSSR count). The van der Waals surface area contributed by atoms with Crippen LogP contribution in [0.4, 0.5) is 14.5 Å². The van der Waals surface area contributed by atoms with Gasteiger partial charge in [0.2, 0.25) is 0 Å². The van der Waals surface area contributed by atoms with Gasteiger partial charge in [0.15, 0.2) is 0 Å². The highest BCUT2D eigenvalue weighted by Gasteiger charge is 2.26. The second-order valence-corrected chi connectivity index (χ2v) is 8.27. The van der Waals surface area contributed by atoms with E-state index in [1.54, 1.807) is 30.2 Å². The highest BCUT2D eigenvalue weighted by Crippen LogP contribution is 2.28. The molecular weight excluding hydrogens is 388 g/mol. The molecule has 6 nitrogen and oxygen atoms in total. The Kier molecular flexibility index (Phi) is 5.60. The van der Waals surface area contributed by atoms with Gasteiger partial charge < -0.3 is 19.8 Å². The number of nitrogens with one attached hydrogen (secondary N) is 2. The number of benzene rings is 1. The number of fused-ring (bicyclic) bond motifs is 1. The van der Waals surface area contributed by atoms with Gasteiger partial charge in [-0.1, -0.05) is 0 Å². The van der Waals surface area contributed by atoms with Crippen molar-refractivity contribution in [3.63, 3.8) is 0 Å². The number of aromatic nitrogens is 3. The molecule has 0 unspecified atom stereocenters. The predicted molar refractivity (Wildman–Crippen MR) is 115 cm³/mol. The van der Waals surface area contributed by atoms with Crippen molar-refractivity contribution in [2.45, 2.75) is 50.6 Å². The Labute approximate surface area is 173 Å². The summed E-state index contributed by atoms with van der Waals surface area (Å²) in [6.45, 7) is 0.651. The summed E-state index contributed by atoms with van der Waals surface area (Å²) in [7, 11) is 1.77. The molecular formula is C22H27F2N5O. The average Bonchev–Trinajstić information content (AvgIpc) is 3.25. The van der Waals surface area contributed by atoms with E-state index < -0.39 is 5.92 Å². The minimum atomic E-state index is -2.69. The lowest BCUT2D eigenvalue weighted by Crippen LogP contribution is -2.41. The Bertz CT molecular complexity index is 1060. The summed E-state index contributed by atoms with van der Waals surface area (Å²) in [4.78, 5) is 16.6. The molecule has 0 amide bonds. The molecule has 1 aromatic carbocycles. The zero-order valence-electron chi connectivity index (χ0n) is 17.2. The Balaban J connectivity index is 1.53. The van der Waals surface area contributed by atoms with Crippen LogP contribution in [-0.4, -0.2) is 38.7 Å². The smallest absolute Gasteiger partial charge is 0.257 e. The topological polar surface area (TPSA) is 63.9 Å². The molecule has 0 aliphatic heterocycles. The molecule has 2 heterocycles. The zero-order valence-corrected chi connectivity index (χ0v) is 17.2. The van der Waals surface area contributed by atoms with Gasteiger partial charge in [-0.25, -0.2) is 13.8 Å². The van der Waals surface area contributed by atoms with Crippen LogP contribution in [0.1, 0.15) is 32.6 Å². The van der Waals surface area contributed by atoms with E-state index in [-0.39, 0.29) is 24.2 Å². The molecule has 30 heavy (non-hydrogen) atoms. The lowest BCUT2D eigenvalue weighted by Gasteiger charge is -2.31. The maximum atomic E-state index is 13.1. The van der Waals surface area contributed by atoms with Gasteiger partial charge in [-0.05, 0) is 43.9 Å². The van der Waals surface area contributed by atoms with Crippen molar-refractivity contribution < 1.29 is 8.78 Å². The quantitative estimate of drug-likeness (QED) is 0.645. The van der Waals surface area contributed by atoms with Gasteiger partial charge in [0.25, 0.3) is 11.5 Å². The molecule has 2 aromatic heterocycles. The number of nitrogens with zero attached hydrogens (tertiary/aromatic N) is 3. The molecule has 1 saturated carbocycles. The van der Waals surface area contributed by atoms with E-state index >= 15 is 0 Å². The fraction of sp³-hybridized carbons (Fsp3) is 0.455. The number of rotatable bonds is 6. The van der Waals surface area contributed by atoms with Crippen molar-refractivity contribution in [3.05, 3.63) is 53.3 Å². The molecule has 1 fully saturated rings. The van der Waals surface area contributed by atoms with E-state index in [2.05, 4.69) is 21.7 Å². The lowest BCUT2D eigenvalue weighted by molar-refractivity contribution is 0.0186. The van der Waals surface area contributed by atoms with Crippen LogP contribution < -0.4 is 16.2 Å². The number of alkyl halides is 2. The predicted octanol–water partition coefficient (Wildman–Crippen LogP) is 3.69. The number of anilines is 1. The van der Waals surface area contributed by atoms with Gasteiger partial charge in [-0.3, -0.25) is 4.79 Å². The molecule has 1 aliphatic rings. The third-order valence-electron chi connectivity index (χ3n) is 5.82. The van der Waals surface area contributed by atoms with Crippen LogP contribution in [0.5, 0.6) is 0 Å². The number of hydrogen-bond acceptors (Lipinski definition) is 4. The molecule has 1 aliphatic carbocycles. The van der Waals surface area contributed by atoms with Gasteiger partial charge in [-0.15, -0.1) is 0 Å². The first kappa shape index (κ1) is 20.5. The fourth-order valence-corrected chi connectivity index (χ4v) is 4.13. The molecule has 160 valence electrons. The SMILES string of the molecule is Cn1c(=O)cc(NC2CCC(NCC(C)(F)F)CC2)c2cc(-n3ccnc3)ccc21. The normalized spacial score (nSPS) is 19.9. The zero-order chi connectivity index (χ0) is 21.3. The Morgan fingerprint density at radius 1 is 1.17 bits per heavy atom. The van der Waals surface area contributed by atoms with Gasteiger partial charge in [0.1, 0.15) is 0 Å². The molecule has 0 radical (unpaired) electrons. The van der Waals surface area contributed by atoms with E-state index in [0.717, 1.165) is 54.9 Å². The summed E-state index contributed by atoms with van der Waals surface area (Å²) in [5.74, 6) is -2.69. The van der Waals surface area contributed by atoms with E-state index in [4.69, 9.17) is 0 Å². The van der Waals surface area contributed by atoms with Crippen LogP contribution in [0.15, 0.2) is 47.8 Å². The molecule has 8 heteroatoms. The third kappa shape index (κ3) is 4.53. The molecule has 2 N–H and O–H groups in total. The number of aryl methyl sites for hydroxylation is 1. The van der Waals surface area contributed by atoms with Crippen molar-refractivity contribution in [2.75, 3.05) is 11.9 Å². The van der Waals surface area contributed by atoms with Crippen LogP contribution in [0.3, 0.4) is 0 Å². The highest BCUT2D eigenvalue weighted by atomic mass is 19.3. The van der Waals surface area contributed by atoms with Crippen LogP contribution in [0.2, 0.25) is 0 Å². The molecule has 0 saturated heterocycles. The second-order valence-electron chi connectivity index (χ2n) is 8.27. The van der Waals surface area contributed by atoms with Crippen LogP contribution >= 0.6 is 0 Å². The monoisotopic (exact) mass is 415 g/mol. The Hall–Kier alpha value is -2.74. The highest BCUT2D eigenvalue weighted by molar-refractivity contribution is 5.93. The first-order valence-electron chi connectivity index (χ1n) is 10.3. The van der Waals surface area contributed by atoms with Crippen molar-refractivity contribution >= 4 is 16.6 Å². The van der Waals surface area contributed by atoms with Gasteiger partial charge in [0, 0.05) is 61.3 Å².